The quantitative estimate of drug-likeness (QED) is 0.286. The minimum Gasteiger partial charge on any atom is -0.454 e. The number of ether oxygens (including phenoxy) is 1. The number of hydrogen-bond donors (Lipinski definition) is 0. The first-order valence-corrected chi connectivity index (χ1v) is 11.2. The van der Waals surface area contributed by atoms with Crippen molar-refractivity contribution in [2.45, 2.75) is 20.8 Å². The Hall–Kier alpha value is -3.91. The van der Waals surface area contributed by atoms with Gasteiger partial charge in [-0.15, -0.1) is 0 Å². The molecular weight excluding hydrogens is 473 g/mol. The maximum Gasteiger partial charge on any atom is 0.340 e. The molecule has 0 fully saturated rings. The molecule has 9 heteroatoms. The van der Waals surface area contributed by atoms with Gasteiger partial charge in [0.15, 0.2) is 6.61 Å². The van der Waals surface area contributed by atoms with Crippen LogP contribution in [-0.2, 0) is 11.8 Å². The van der Waals surface area contributed by atoms with Crippen LogP contribution < -0.4 is 5.56 Å². The third-order valence-corrected chi connectivity index (χ3v) is 6.28. The molecule has 0 unspecified atom stereocenters. The van der Waals surface area contributed by atoms with Crippen LogP contribution in [-0.4, -0.2) is 32.3 Å². The van der Waals surface area contributed by atoms with Gasteiger partial charge in [-0.25, -0.2) is 13.9 Å². The third-order valence-electron chi connectivity index (χ3n) is 5.96. The maximum absolute atomic E-state index is 13.5. The van der Waals surface area contributed by atoms with E-state index in [1.165, 1.54) is 6.07 Å². The summed E-state index contributed by atoms with van der Waals surface area (Å²) in [5, 5.41) is -0.102. The molecule has 180 valence electrons. The standard InChI is InChI=1S/C26H23ClFN3O4/c1-15-12-21(23(32)14-35-26(34)20-11-10-18(28)13-22(20)27)16(2)30(15)24-17(3)29(4)31(25(24)33)19-8-6-5-7-9-19/h5-13H,14H2,1-4H3. The summed E-state index contributed by atoms with van der Waals surface area (Å²) in [6, 6.07) is 14.2. The largest absolute Gasteiger partial charge is 0.454 e. The van der Waals surface area contributed by atoms with Crippen molar-refractivity contribution >= 4 is 23.4 Å². The van der Waals surface area contributed by atoms with Gasteiger partial charge in [0.25, 0.3) is 5.56 Å². The monoisotopic (exact) mass is 495 g/mol. The molecule has 0 aliphatic carbocycles. The number of aryl methyl sites for hydroxylation is 1. The number of benzene rings is 2. The van der Waals surface area contributed by atoms with Crippen molar-refractivity contribution in [2.24, 2.45) is 7.05 Å². The van der Waals surface area contributed by atoms with Gasteiger partial charge in [-0.2, -0.15) is 0 Å². The Morgan fingerprint density at radius 3 is 2.31 bits per heavy atom. The lowest BCUT2D eigenvalue weighted by molar-refractivity contribution is 0.0474. The zero-order chi connectivity index (χ0) is 25.4. The summed E-state index contributed by atoms with van der Waals surface area (Å²) >= 11 is 5.90. The highest BCUT2D eigenvalue weighted by Crippen LogP contribution is 2.23. The number of halogens is 2. The second-order valence-corrected chi connectivity index (χ2v) is 8.56. The highest BCUT2D eigenvalue weighted by Gasteiger charge is 2.24. The topological polar surface area (TPSA) is 75.2 Å². The van der Waals surface area contributed by atoms with Crippen molar-refractivity contribution in [1.29, 1.82) is 0 Å². The van der Waals surface area contributed by atoms with E-state index in [4.69, 9.17) is 16.3 Å². The van der Waals surface area contributed by atoms with E-state index in [-0.39, 0.29) is 16.1 Å². The smallest absolute Gasteiger partial charge is 0.340 e. The molecule has 0 amide bonds. The van der Waals surface area contributed by atoms with Crippen molar-refractivity contribution in [3.05, 3.63) is 104 Å². The van der Waals surface area contributed by atoms with Crippen LogP contribution in [0.25, 0.3) is 11.4 Å². The number of para-hydroxylation sites is 1. The van der Waals surface area contributed by atoms with E-state index in [1.807, 2.05) is 37.3 Å². The van der Waals surface area contributed by atoms with E-state index in [0.717, 1.165) is 23.5 Å². The number of Topliss-reactive ketones (excluding diaryl/α,β-unsaturated/α-hetero) is 1. The number of esters is 1. The minimum atomic E-state index is -0.832. The number of ketones is 1. The van der Waals surface area contributed by atoms with Crippen molar-refractivity contribution in [1.82, 2.24) is 13.9 Å². The zero-order valence-corrected chi connectivity index (χ0v) is 20.4. The number of aromatic nitrogens is 3. The van der Waals surface area contributed by atoms with Crippen LogP contribution in [0.2, 0.25) is 5.02 Å². The van der Waals surface area contributed by atoms with E-state index < -0.39 is 24.2 Å². The molecule has 0 N–H and O–H groups in total. The second kappa shape index (κ2) is 9.38. The molecule has 0 spiro atoms. The van der Waals surface area contributed by atoms with Crippen LogP contribution in [0.5, 0.6) is 0 Å². The van der Waals surface area contributed by atoms with Crippen LogP contribution >= 0.6 is 11.6 Å². The lowest BCUT2D eigenvalue weighted by Crippen LogP contribution is -2.22. The number of rotatable bonds is 6. The first-order valence-electron chi connectivity index (χ1n) is 10.8. The molecular formula is C26H23ClFN3O4. The predicted octanol–water partition coefficient (Wildman–Crippen LogP) is 4.72. The Morgan fingerprint density at radius 1 is 0.971 bits per heavy atom. The molecule has 4 rings (SSSR count). The number of carbonyl (C=O) groups excluding carboxylic acids is 2. The molecule has 0 aliphatic heterocycles. The summed E-state index contributed by atoms with van der Waals surface area (Å²) in [5.74, 6) is -1.85. The van der Waals surface area contributed by atoms with Gasteiger partial charge in [-0.1, -0.05) is 29.8 Å². The van der Waals surface area contributed by atoms with Gasteiger partial charge in [0.1, 0.15) is 11.5 Å². The van der Waals surface area contributed by atoms with Crippen molar-refractivity contribution < 1.29 is 18.7 Å². The highest BCUT2D eigenvalue weighted by molar-refractivity contribution is 6.33. The van der Waals surface area contributed by atoms with Crippen molar-refractivity contribution in [2.75, 3.05) is 6.61 Å². The Kier molecular flexibility index (Phi) is 6.49. The van der Waals surface area contributed by atoms with E-state index in [2.05, 4.69) is 0 Å². The van der Waals surface area contributed by atoms with Crippen molar-refractivity contribution in [3.63, 3.8) is 0 Å². The molecule has 2 heterocycles. The second-order valence-electron chi connectivity index (χ2n) is 8.15. The van der Waals surface area contributed by atoms with Crippen LogP contribution in [0, 0.1) is 26.6 Å². The molecule has 0 radical (unpaired) electrons. The summed E-state index contributed by atoms with van der Waals surface area (Å²) in [5.41, 5.74) is 3.17. The summed E-state index contributed by atoms with van der Waals surface area (Å²) in [4.78, 5) is 38.7. The molecule has 0 saturated heterocycles. The summed E-state index contributed by atoms with van der Waals surface area (Å²) in [7, 11) is 1.80. The Labute approximate surface area is 205 Å². The van der Waals surface area contributed by atoms with E-state index >= 15 is 0 Å². The molecule has 4 aromatic rings. The van der Waals surface area contributed by atoms with Gasteiger partial charge >= 0.3 is 5.97 Å². The van der Waals surface area contributed by atoms with Crippen molar-refractivity contribution in [3.8, 4) is 11.4 Å². The van der Waals surface area contributed by atoms with Gasteiger partial charge < -0.3 is 9.30 Å². The Bertz CT molecular complexity index is 1520. The fourth-order valence-corrected chi connectivity index (χ4v) is 4.39. The van der Waals surface area contributed by atoms with Gasteiger partial charge in [0, 0.05) is 24.0 Å². The molecule has 7 nitrogen and oxygen atoms in total. The van der Waals surface area contributed by atoms with Crippen LogP contribution in [0.1, 0.15) is 37.8 Å². The predicted molar refractivity (Wildman–Crippen MR) is 131 cm³/mol. The molecule has 0 aliphatic rings. The number of nitrogens with zero attached hydrogens (tertiary/aromatic N) is 3. The number of hydrogen-bond acceptors (Lipinski definition) is 4. The normalized spacial score (nSPS) is 11.0. The zero-order valence-electron chi connectivity index (χ0n) is 19.6. The van der Waals surface area contributed by atoms with Crippen LogP contribution in [0.15, 0.2) is 59.4 Å². The maximum atomic E-state index is 13.5. The summed E-state index contributed by atoms with van der Waals surface area (Å²) < 4.78 is 23.4. The minimum absolute atomic E-state index is 0.0345. The van der Waals surface area contributed by atoms with Gasteiger partial charge in [0.05, 0.1) is 22.0 Å². The Balaban J connectivity index is 1.65. The van der Waals surface area contributed by atoms with Gasteiger partial charge in [-0.3, -0.25) is 14.3 Å². The molecule has 0 saturated carbocycles. The summed E-state index contributed by atoms with van der Waals surface area (Å²) in [6.45, 7) is 4.84. The van der Waals surface area contributed by atoms with Gasteiger partial charge in [0.2, 0.25) is 5.78 Å². The third kappa shape index (κ3) is 4.33. The molecule has 35 heavy (non-hydrogen) atoms. The number of carbonyl (C=O) groups is 2. The molecule has 2 aromatic carbocycles. The molecule has 0 atom stereocenters. The SMILES string of the molecule is Cc1cc(C(=O)COC(=O)c2ccc(F)cc2Cl)c(C)n1-c1c(C)n(C)n(-c2ccccc2)c1=O. The van der Waals surface area contributed by atoms with E-state index in [9.17, 15) is 18.8 Å². The molecule has 0 bridgehead atoms. The lowest BCUT2D eigenvalue weighted by Gasteiger charge is -2.09. The Morgan fingerprint density at radius 2 is 1.66 bits per heavy atom. The highest BCUT2D eigenvalue weighted by atomic mass is 35.5. The van der Waals surface area contributed by atoms with Crippen LogP contribution in [0.4, 0.5) is 4.39 Å². The first-order chi connectivity index (χ1) is 16.6. The fourth-order valence-electron chi connectivity index (χ4n) is 4.14. The average molecular weight is 496 g/mol. The van der Waals surface area contributed by atoms with Gasteiger partial charge in [-0.05, 0) is 57.2 Å². The molecule has 2 aromatic heterocycles. The fraction of sp³-hybridized carbons (Fsp3) is 0.192. The van der Waals surface area contributed by atoms with E-state index in [1.54, 1.807) is 40.9 Å². The summed E-state index contributed by atoms with van der Waals surface area (Å²) in [6.07, 6.45) is 0. The van der Waals surface area contributed by atoms with Crippen LogP contribution in [0.3, 0.4) is 0 Å². The van der Waals surface area contributed by atoms with E-state index in [0.29, 0.717) is 22.6 Å². The first kappa shape index (κ1) is 24.2. The lowest BCUT2D eigenvalue weighted by atomic mass is 10.1. The average Bonchev–Trinajstić information content (AvgIpc) is 3.23.